The molecule has 4 nitrogen and oxygen atoms in total. The molecule has 0 spiro atoms. The monoisotopic (exact) mass is 273 g/mol. The van der Waals surface area contributed by atoms with Gasteiger partial charge in [0.25, 0.3) is 0 Å². The zero-order valence-corrected chi connectivity index (χ0v) is 12.2. The summed E-state index contributed by atoms with van der Waals surface area (Å²) in [6.45, 7) is 6.35. The van der Waals surface area contributed by atoms with Crippen molar-refractivity contribution in [2.24, 2.45) is 0 Å². The van der Waals surface area contributed by atoms with Crippen LogP contribution in [0.3, 0.4) is 0 Å². The Bertz CT molecular complexity index is 635. The molecule has 4 heteroatoms. The van der Waals surface area contributed by atoms with Gasteiger partial charge in [-0.1, -0.05) is 20.8 Å². The summed E-state index contributed by atoms with van der Waals surface area (Å²) in [5.41, 5.74) is 2.96. The number of rotatable bonds is 3. The van der Waals surface area contributed by atoms with Crippen molar-refractivity contribution < 1.29 is 14.6 Å². The number of carboxylic acid groups (broad SMARTS) is 1. The van der Waals surface area contributed by atoms with Gasteiger partial charge in [0.2, 0.25) is 0 Å². The van der Waals surface area contributed by atoms with E-state index in [2.05, 4.69) is 25.8 Å². The summed E-state index contributed by atoms with van der Waals surface area (Å²) >= 11 is 0. The SMILES string of the molecule is COc1ccc(-c2ccc(C(=O)O)[nH]2)cc1C(C)(C)C. The summed E-state index contributed by atoms with van der Waals surface area (Å²) in [4.78, 5) is 13.8. The van der Waals surface area contributed by atoms with Crippen LogP contribution in [0, 0.1) is 0 Å². The number of hydrogen-bond acceptors (Lipinski definition) is 2. The smallest absolute Gasteiger partial charge is 0.352 e. The second-order valence-corrected chi connectivity index (χ2v) is 5.76. The lowest BCUT2D eigenvalue weighted by Gasteiger charge is -2.22. The number of hydrogen-bond donors (Lipinski definition) is 2. The molecule has 0 atom stereocenters. The maximum Gasteiger partial charge on any atom is 0.352 e. The molecule has 0 amide bonds. The van der Waals surface area contributed by atoms with Crippen LogP contribution in [0.2, 0.25) is 0 Å². The van der Waals surface area contributed by atoms with Gasteiger partial charge in [0.05, 0.1) is 7.11 Å². The maximum atomic E-state index is 10.9. The minimum atomic E-state index is -0.958. The van der Waals surface area contributed by atoms with Crippen LogP contribution in [0.5, 0.6) is 5.75 Å². The zero-order valence-electron chi connectivity index (χ0n) is 12.2. The lowest BCUT2D eigenvalue weighted by atomic mass is 9.85. The van der Waals surface area contributed by atoms with Crippen molar-refractivity contribution in [2.75, 3.05) is 7.11 Å². The molecule has 2 aromatic rings. The first-order chi connectivity index (χ1) is 9.32. The number of ether oxygens (including phenoxy) is 1. The van der Waals surface area contributed by atoms with Crippen molar-refractivity contribution in [1.82, 2.24) is 4.98 Å². The van der Waals surface area contributed by atoms with Crippen molar-refractivity contribution >= 4 is 5.97 Å². The van der Waals surface area contributed by atoms with Crippen molar-refractivity contribution in [3.63, 3.8) is 0 Å². The molecule has 1 aromatic heterocycles. The Balaban J connectivity index is 2.50. The average Bonchev–Trinajstić information content (AvgIpc) is 2.86. The number of benzene rings is 1. The van der Waals surface area contributed by atoms with E-state index in [1.807, 2.05) is 18.2 Å². The van der Waals surface area contributed by atoms with E-state index < -0.39 is 5.97 Å². The van der Waals surface area contributed by atoms with E-state index in [1.54, 1.807) is 19.2 Å². The first-order valence-corrected chi connectivity index (χ1v) is 6.44. The van der Waals surface area contributed by atoms with Gasteiger partial charge >= 0.3 is 5.97 Å². The van der Waals surface area contributed by atoms with Crippen molar-refractivity contribution in [3.8, 4) is 17.0 Å². The third-order valence-electron chi connectivity index (χ3n) is 3.23. The second-order valence-electron chi connectivity index (χ2n) is 5.76. The van der Waals surface area contributed by atoms with E-state index in [9.17, 15) is 4.79 Å². The highest BCUT2D eigenvalue weighted by molar-refractivity contribution is 5.86. The number of carboxylic acids is 1. The summed E-state index contributed by atoms with van der Waals surface area (Å²) in [6, 6.07) is 9.22. The first kappa shape index (κ1) is 14.2. The van der Waals surface area contributed by atoms with Gasteiger partial charge in [-0.15, -0.1) is 0 Å². The number of methoxy groups -OCH3 is 1. The summed E-state index contributed by atoms with van der Waals surface area (Å²) in [5, 5.41) is 8.96. The molecule has 0 fully saturated rings. The summed E-state index contributed by atoms with van der Waals surface area (Å²) in [7, 11) is 1.65. The van der Waals surface area contributed by atoms with E-state index in [-0.39, 0.29) is 11.1 Å². The van der Waals surface area contributed by atoms with Crippen LogP contribution >= 0.6 is 0 Å². The highest BCUT2D eigenvalue weighted by atomic mass is 16.5. The topological polar surface area (TPSA) is 62.3 Å². The molecular weight excluding hydrogens is 254 g/mol. The van der Waals surface area contributed by atoms with E-state index in [4.69, 9.17) is 9.84 Å². The van der Waals surface area contributed by atoms with Gasteiger partial charge in [-0.2, -0.15) is 0 Å². The van der Waals surface area contributed by atoms with E-state index in [0.717, 1.165) is 22.6 Å². The Morgan fingerprint density at radius 1 is 1.20 bits per heavy atom. The molecule has 2 rings (SSSR count). The Morgan fingerprint density at radius 3 is 2.40 bits per heavy atom. The van der Waals surface area contributed by atoms with Crippen molar-refractivity contribution in [2.45, 2.75) is 26.2 Å². The van der Waals surface area contributed by atoms with E-state index in [0.29, 0.717) is 0 Å². The average molecular weight is 273 g/mol. The van der Waals surface area contributed by atoms with Gasteiger partial charge in [0.15, 0.2) is 0 Å². The molecule has 2 N–H and O–H groups in total. The normalized spacial score (nSPS) is 11.4. The largest absolute Gasteiger partial charge is 0.496 e. The van der Waals surface area contributed by atoms with Crippen molar-refractivity contribution in [1.29, 1.82) is 0 Å². The van der Waals surface area contributed by atoms with Crippen LogP contribution in [-0.4, -0.2) is 23.2 Å². The number of aromatic amines is 1. The van der Waals surface area contributed by atoms with Crippen LogP contribution in [0.1, 0.15) is 36.8 Å². The lowest BCUT2D eigenvalue weighted by molar-refractivity contribution is 0.0691. The summed E-state index contributed by atoms with van der Waals surface area (Å²) < 4.78 is 5.40. The number of aromatic nitrogens is 1. The fourth-order valence-electron chi connectivity index (χ4n) is 2.15. The van der Waals surface area contributed by atoms with Crippen LogP contribution in [0.15, 0.2) is 30.3 Å². The van der Waals surface area contributed by atoms with Gasteiger partial charge < -0.3 is 14.8 Å². The first-order valence-electron chi connectivity index (χ1n) is 6.44. The van der Waals surface area contributed by atoms with Crippen LogP contribution in [0.25, 0.3) is 11.3 Å². The van der Waals surface area contributed by atoms with Gasteiger partial charge in [-0.3, -0.25) is 0 Å². The van der Waals surface area contributed by atoms with Gasteiger partial charge in [0.1, 0.15) is 11.4 Å². The number of nitrogens with one attached hydrogen (secondary N) is 1. The van der Waals surface area contributed by atoms with Gasteiger partial charge in [-0.25, -0.2) is 4.79 Å². The molecule has 0 aliphatic heterocycles. The number of aromatic carboxylic acids is 1. The molecule has 1 aromatic carbocycles. The molecule has 1 heterocycles. The number of carbonyl (C=O) groups is 1. The summed E-state index contributed by atoms with van der Waals surface area (Å²) in [5.74, 6) is -0.118. The molecule has 0 saturated heterocycles. The third kappa shape index (κ3) is 2.69. The predicted octanol–water partition coefficient (Wildman–Crippen LogP) is 3.69. The fourth-order valence-corrected chi connectivity index (χ4v) is 2.15. The minimum absolute atomic E-state index is 0.0520. The maximum absolute atomic E-state index is 10.9. The molecule has 106 valence electrons. The standard InChI is InChI=1S/C16H19NO3/c1-16(2,3)11-9-10(5-8-14(11)20-4)12-6-7-13(17-12)15(18)19/h5-9,17H,1-4H3,(H,18,19). The molecule has 0 bridgehead atoms. The van der Waals surface area contributed by atoms with Crippen LogP contribution in [-0.2, 0) is 5.41 Å². The Labute approximate surface area is 118 Å². The fraction of sp³-hybridized carbons (Fsp3) is 0.312. The Kier molecular flexibility index (Phi) is 3.57. The van der Waals surface area contributed by atoms with Crippen molar-refractivity contribution in [3.05, 3.63) is 41.6 Å². The molecule has 20 heavy (non-hydrogen) atoms. The molecular formula is C16H19NO3. The Hall–Kier alpha value is -2.23. The highest BCUT2D eigenvalue weighted by Crippen LogP contribution is 2.34. The quantitative estimate of drug-likeness (QED) is 0.896. The zero-order chi connectivity index (χ0) is 14.9. The van der Waals surface area contributed by atoms with E-state index >= 15 is 0 Å². The molecule has 0 saturated carbocycles. The van der Waals surface area contributed by atoms with Crippen LogP contribution < -0.4 is 4.74 Å². The molecule has 0 radical (unpaired) electrons. The van der Waals surface area contributed by atoms with Crippen LogP contribution in [0.4, 0.5) is 0 Å². The van der Waals surface area contributed by atoms with E-state index in [1.165, 1.54) is 0 Å². The van der Waals surface area contributed by atoms with Gasteiger partial charge in [-0.05, 0) is 41.3 Å². The third-order valence-corrected chi connectivity index (χ3v) is 3.23. The second kappa shape index (κ2) is 5.04. The predicted molar refractivity (Wildman–Crippen MR) is 78.4 cm³/mol. The summed E-state index contributed by atoms with van der Waals surface area (Å²) in [6.07, 6.45) is 0. The minimum Gasteiger partial charge on any atom is -0.496 e. The molecule has 0 aliphatic carbocycles. The number of H-pyrrole nitrogens is 1. The van der Waals surface area contributed by atoms with Gasteiger partial charge in [0, 0.05) is 11.3 Å². The molecule has 0 unspecified atom stereocenters. The lowest BCUT2D eigenvalue weighted by Crippen LogP contribution is -2.12. The molecule has 0 aliphatic rings. The Morgan fingerprint density at radius 2 is 1.90 bits per heavy atom. The highest BCUT2D eigenvalue weighted by Gasteiger charge is 2.20.